The molecule has 2 rings (SSSR count). The van der Waals surface area contributed by atoms with Gasteiger partial charge in [-0.3, -0.25) is 0 Å². The Kier molecular flexibility index (Phi) is 4.43. The van der Waals surface area contributed by atoms with Crippen molar-refractivity contribution in [2.45, 2.75) is 57.1 Å². The van der Waals surface area contributed by atoms with Gasteiger partial charge in [-0.2, -0.15) is 11.8 Å². The van der Waals surface area contributed by atoms with Crippen molar-refractivity contribution in [3.8, 4) is 0 Å². The number of hydrogen-bond donors (Lipinski definition) is 1. The van der Waals surface area contributed by atoms with Crippen LogP contribution in [0.4, 0.5) is 0 Å². The lowest BCUT2D eigenvalue weighted by atomic mass is 9.92. The van der Waals surface area contributed by atoms with E-state index in [2.05, 4.69) is 49.7 Å². The Morgan fingerprint density at radius 1 is 1.18 bits per heavy atom. The molecule has 1 aliphatic heterocycles. The third-order valence-corrected chi connectivity index (χ3v) is 4.82. The summed E-state index contributed by atoms with van der Waals surface area (Å²) in [5.41, 5.74) is 0.407. The van der Waals surface area contributed by atoms with E-state index in [0.717, 1.165) is 16.5 Å². The Labute approximate surface area is 111 Å². The van der Waals surface area contributed by atoms with Crippen LogP contribution in [0.5, 0.6) is 0 Å². The van der Waals surface area contributed by atoms with E-state index in [1.54, 1.807) is 0 Å². The molecule has 2 fully saturated rings. The molecule has 1 N–H and O–H groups in total. The molecular weight excluding hydrogens is 228 g/mol. The highest BCUT2D eigenvalue weighted by atomic mass is 32.2. The molecule has 1 aliphatic carbocycles. The van der Waals surface area contributed by atoms with E-state index in [9.17, 15) is 0 Å². The first-order valence-corrected chi connectivity index (χ1v) is 8.00. The van der Waals surface area contributed by atoms with E-state index >= 15 is 0 Å². The van der Waals surface area contributed by atoms with Gasteiger partial charge in [-0.1, -0.05) is 27.7 Å². The van der Waals surface area contributed by atoms with Crippen molar-refractivity contribution in [1.29, 1.82) is 0 Å². The van der Waals surface area contributed by atoms with Crippen molar-refractivity contribution >= 4 is 11.8 Å². The molecule has 2 unspecified atom stereocenters. The second kappa shape index (κ2) is 5.50. The molecule has 0 bridgehead atoms. The summed E-state index contributed by atoms with van der Waals surface area (Å²) >= 11 is 2.14. The molecule has 0 amide bonds. The maximum atomic E-state index is 3.68. The lowest BCUT2D eigenvalue weighted by Gasteiger charge is -2.39. The average Bonchev–Trinajstić information content (AvgIpc) is 2.95. The zero-order valence-corrected chi connectivity index (χ0v) is 12.6. The summed E-state index contributed by atoms with van der Waals surface area (Å²) in [6, 6.07) is 0.837. The number of nitrogens with one attached hydrogen (secondary N) is 1. The standard InChI is InChI=1S/C14H28N2S/c1-11-7-16(8-12(2)17-11)10-14(3,4)9-15-13-5-6-13/h11-13,15H,5-10H2,1-4H3. The van der Waals surface area contributed by atoms with Gasteiger partial charge in [0.15, 0.2) is 0 Å². The molecule has 1 saturated carbocycles. The molecule has 1 heterocycles. The van der Waals surface area contributed by atoms with Crippen molar-refractivity contribution in [2.75, 3.05) is 26.2 Å². The minimum Gasteiger partial charge on any atom is -0.313 e. The fourth-order valence-electron chi connectivity index (χ4n) is 2.78. The van der Waals surface area contributed by atoms with E-state index in [0.29, 0.717) is 5.41 Å². The van der Waals surface area contributed by atoms with Gasteiger partial charge in [-0.15, -0.1) is 0 Å². The van der Waals surface area contributed by atoms with E-state index in [1.807, 2.05) is 0 Å². The van der Waals surface area contributed by atoms with Crippen LogP contribution >= 0.6 is 11.8 Å². The molecule has 2 atom stereocenters. The summed E-state index contributed by atoms with van der Waals surface area (Å²) in [6.07, 6.45) is 2.79. The van der Waals surface area contributed by atoms with Gasteiger partial charge in [0.25, 0.3) is 0 Å². The monoisotopic (exact) mass is 256 g/mol. The van der Waals surface area contributed by atoms with E-state index in [1.165, 1.54) is 39.0 Å². The lowest BCUT2D eigenvalue weighted by Crippen LogP contribution is -2.47. The summed E-state index contributed by atoms with van der Waals surface area (Å²) in [5.74, 6) is 0. The van der Waals surface area contributed by atoms with Crippen LogP contribution in [0.15, 0.2) is 0 Å². The number of rotatable bonds is 5. The molecule has 2 nitrogen and oxygen atoms in total. The Bertz CT molecular complexity index is 241. The summed E-state index contributed by atoms with van der Waals surface area (Å²) < 4.78 is 0. The molecule has 17 heavy (non-hydrogen) atoms. The Balaban J connectivity index is 1.76. The van der Waals surface area contributed by atoms with Crippen LogP contribution in [0.3, 0.4) is 0 Å². The van der Waals surface area contributed by atoms with Gasteiger partial charge in [0.2, 0.25) is 0 Å². The molecule has 0 aromatic rings. The average molecular weight is 256 g/mol. The number of thioether (sulfide) groups is 1. The maximum Gasteiger partial charge on any atom is 0.0149 e. The van der Waals surface area contributed by atoms with Crippen molar-refractivity contribution in [1.82, 2.24) is 10.2 Å². The van der Waals surface area contributed by atoms with Gasteiger partial charge in [-0.25, -0.2) is 0 Å². The molecule has 0 aromatic heterocycles. The maximum absolute atomic E-state index is 3.68. The van der Waals surface area contributed by atoms with E-state index in [4.69, 9.17) is 0 Å². The highest BCUT2D eigenvalue weighted by Gasteiger charge is 2.29. The van der Waals surface area contributed by atoms with Gasteiger partial charge in [0.1, 0.15) is 0 Å². The predicted octanol–water partition coefficient (Wildman–Crippen LogP) is 2.59. The van der Waals surface area contributed by atoms with Gasteiger partial charge in [0.05, 0.1) is 0 Å². The molecule has 3 heteroatoms. The van der Waals surface area contributed by atoms with Gasteiger partial charge >= 0.3 is 0 Å². The van der Waals surface area contributed by atoms with Crippen molar-refractivity contribution in [3.05, 3.63) is 0 Å². The molecule has 0 aromatic carbocycles. The Hall–Kier alpha value is 0.270. The summed E-state index contributed by atoms with van der Waals surface area (Å²) in [6.45, 7) is 14.5. The fourth-order valence-corrected chi connectivity index (χ4v) is 4.17. The number of hydrogen-bond acceptors (Lipinski definition) is 3. The van der Waals surface area contributed by atoms with Crippen LogP contribution < -0.4 is 5.32 Å². The minimum atomic E-state index is 0.407. The van der Waals surface area contributed by atoms with Crippen LogP contribution in [0, 0.1) is 5.41 Å². The summed E-state index contributed by atoms with van der Waals surface area (Å²) in [7, 11) is 0. The van der Waals surface area contributed by atoms with Gasteiger partial charge < -0.3 is 10.2 Å². The highest BCUT2D eigenvalue weighted by Crippen LogP contribution is 2.28. The molecular formula is C14H28N2S. The van der Waals surface area contributed by atoms with E-state index < -0.39 is 0 Å². The van der Waals surface area contributed by atoms with Crippen LogP contribution in [0.1, 0.15) is 40.5 Å². The van der Waals surface area contributed by atoms with E-state index in [-0.39, 0.29) is 0 Å². The molecule has 0 spiro atoms. The third kappa shape index (κ3) is 4.80. The Morgan fingerprint density at radius 2 is 1.76 bits per heavy atom. The molecule has 0 radical (unpaired) electrons. The topological polar surface area (TPSA) is 15.3 Å². The van der Waals surface area contributed by atoms with Crippen LogP contribution in [0.2, 0.25) is 0 Å². The Morgan fingerprint density at radius 3 is 2.29 bits per heavy atom. The smallest absolute Gasteiger partial charge is 0.0149 e. The van der Waals surface area contributed by atoms with Crippen molar-refractivity contribution in [3.63, 3.8) is 0 Å². The SMILES string of the molecule is CC1CN(CC(C)(C)CNC2CC2)CC(C)S1. The van der Waals surface area contributed by atoms with Gasteiger partial charge in [0, 0.05) is 42.7 Å². The second-order valence-electron chi connectivity index (χ2n) is 6.77. The molecule has 100 valence electrons. The quantitative estimate of drug-likeness (QED) is 0.814. The predicted molar refractivity (Wildman–Crippen MR) is 77.8 cm³/mol. The van der Waals surface area contributed by atoms with Crippen LogP contribution in [-0.2, 0) is 0 Å². The largest absolute Gasteiger partial charge is 0.313 e. The van der Waals surface area contributed by atoms with Crippen LogP contribution in [-0.4, -0.2) is 47.6 Å². The summed E-state index contributed by atoms with van der Waals surface area (Å²) in [4.78, 5) is 2.67. The zero-order chi connectivity index (χ0) is 12.5. The van der Waals surface area contributed by atoms with Crippen LogP contribution in [0.25, 0.3) is 0 Å². The highest BCUT2D eigenvalue weighted by molar-refractivity contribution is 8.00. The first-order valence-electron chi connectivity index (χ1n) is 7.06. The second-order valence-corrected chi connectivity index (χ2v) is 8.65. The van der Waals surface area contributed by atoms with Crippen molar-refractivity contribution in [2.24, 2.45) is 5.41 Å². The van der Waals surface area contributed by atoms with Gasteiger partial charge in [-0.05, 0) is 18.3 Å². The zero-order valence-electron chi connectivity index (χ0n) is 11.8. The minimum absolute atomic E-state index is 0.407. The first kappa shape index (κ1) is 13.7. The molecule has 2 aliphatic rings. The lowest BCUT2D eigenvalue weighted by molar-refractivity contribution is 0.172. The first-order chi connectivity index (χ1) is 7.94. The third-order valence-electron chi connectivity index (χ3n) is 3.59. The summed E-state index contributed by atoms with van der Waals surface area (Å²) in [5, 5.41) is 5.27. The number of nitrogens with zero attached hydrogens (tertiary/aromatic N) is 1. The normalized spacial score (nSPS) is 31.8. The molecule has 1 saturated heterocycles. The fraction of sp³-hybridized carbons (Fsp3) is 1.00. The van der Waals surface area contributed by atoms with Crippen molar-refractivity contribution < 1.29 is 0 Å².